The lowest BCUT2D eigenvalue weighted by Gasteiger charge is -2.09. The van der Waals surface area contributed by atoms with Crippen LogP contribution in [0.3, 0.4) is 0 Å². The maximum atomic E-state index is 11.9. The Morgan fingerprint density at radius 2 is 2.08 bits per heavy atom. The Balaban J connectivity index is 1.56. The van der Waals surface area contributed by atoms with Crippen molar-refractivity contribution < 1.29 is 18.7 Å². The van der Waals surface area contributed by atoms with Gasteiger partial charge in [0.15, 0.2) is 17.1 Å². The molecule has 0 unspecified atom stereocenters. The van der Waals surface area contributed by atoms with E-state index in [0.717, 1.165) is 5.52 Å². The minimum atomic E-state index is -0.268. The van der Waals surface area contributed by atoms with Crippen molar-refractivity contribution in [1.29, 1.82) is 0 Å². The van der Waals surface area contributed by atoms with E-state index >= 15 is 0 Å². The van der Waals surface area contributed by atoms with Gasteiger partial charge in [-0.1, -0.05) is 30.0 Å². The van der Waals surface area contributed by atoms with Gasteiger partial charge in [-0.15, -0.1) is 0 Å². The fraction of sp³-hybridized carbons (Fsp3) is 0.167. The van der Waals surface area contributed by atoms with Crippen LogP contribution in [0.2, 0.25) is 0 Å². The van der Waals surface area contributed by atoms with E-state index in [1.54, 1.807) is 20.3 Å². The van der Waals surface area contributed by atoms with Gasteiger partial charge in [-0.25, -0.2) is 10.4 Å². The molecule has 0 aliphatic heterocycles. The van der Waals surface area contributed by atoms with Gasteiger partial charge in [-0.2, -0.15) is 5.10 Å². The molecular formula is C18H17N3O4S. The minimum absolute atomic E-state index is 0.138. The highest BCUT2D eigenvalue weighted by atomic mass is 32.2. The highest BCUT2D eigenvalue weighted by Gasteiger charge is 2.09. The predicted octanol–water partition coefficient (Wildman–Crippen LogP) is 3.09. The number of aromatic nitrogens is 1. The Labute approximate surface area is 154 Å². The highest BCUT2D eigenvalue weighted by molar-refractivity contribution is 7.99. The summed E-state index contributed by atoms with van der Waals surface area (Å²) < 4.78 is 16.1. The second kappa shape index (κ2) is 8.39. The Bertz CT molecular complexity index is 906. The van der Waals surface area contributed by atoms with Crippen LogP contribution in [0.5, 0.6) is 11.5 Å². The van der Waals surface area contributed by atoms with Gasteiger partial charge in [0.1, 0.15) is 5.52 Å². The van der Waals surface area contributed by atoms with Gasteiger partial charge < -0.3 is 13.9 Å². The Hall–Kier alpha value is -3.00. The topological polar surface area (TPSA) is 86.0 Å². The first-order valence-electron chi connectivity index (χ1n) is 7.72. The summed E-state index contributed by atoms with van der Waals surface area (Å²) >= 11 is 1.21. The number of hydrazone groups is 1. The number of ether oxygens (including phenoxy) is 2. The number of fused-ring (bicyclic) bond motifs is 1. The molecule has 0 aliphatic carbocycles. The molecule has 3 rings (SSSR count). The number of thioether (sulfide) groups is 1. The average molecular weight is 371 g/mol. The van der Waals surface area contributed by atoms with E-state index in [1.807, 2.05) is 36.4 Å². The summed E-state index contributed by atoms with van der Waals surface area (Å²) in [7, 11) is 3.11. The SMILES string of the molecule is COc1cccc(C=NNC(=O)CSc2nc3ccccc3o2)c1OC. The molecule has 0 aliphatic rings. The number of hydrogen-bond donors (Lipinski definition) is 1. The van der Waals surface area contributed by atoms with Gasteiger partial charge >= 0.3 is 0 Å². The fourth-order valence-electron chi connectivity index (χ4n) is 2.26. The summed E-state index contributed by atoms with van der Waals surface area (Å²) in [5.41, 5.74) is 4.62. The monoisotopic (exact) mass is 371 g/mol. The smallest absolute Gasteiger partial charge is 0.257 e. The molecular weight excluding hydrogens is 354 g/mol. The van der Waals surface area contributed by atoms with Crippen LogP contribution in [0.15, 0.2) is 57.2 Å². The number of rotatable bonds is 7. The van der Waals surface area contributed by atoms with Gasteiger partial charge in [0, 0.05) is 5.56 Å². The molecule has 0 atom stereocenters. The molecule has 1 heterocycles. The first-order valence-corrected chi connectivity index (χ1v) is 8.71. The summed E-state index contributed by atoms with van der Waals surface area (Å²) in [6.45, 7) is 0. The van der Waals surface area contributed by atoms with Crippen LogP contribution in [0, 0.1) is 0 Å². The summed E-state index contributed by atoms with van der Waals surface area (Å²) in [5.74, 6) is 1.01. The first-order chi connectivity index (χ1) is 12.7. The first kappa shape index (κ1) is 17.8. The van der Waals surface area contributed by atoms with E-state index in [1.165, 1.54) is 18.0 Å². The summed E-state index contributed by atoms with van der Waals surface area (Å²) in [5, 5.41) is 4.40. The number of para-hydroxylation sites is 3. The van der Waals surface area contributed by atoms with Crippen molar-refractivity contribution in [2.45, 2.75) is 5.22 Å². The fourth-order valence-corrected chi connectivity index (χ4v) is 2.89. The van der Waals surface area contributed by atoms with Crippen LogP contribution >= 0.6 is 11.8 Å². The summed E-state index contributed by atoms with van der Waals surface area (Å²) in [4.78, 5) is 16.2. The van der Waals surface area contributed by atoms with Gasteiger partial charge in [0.2, 0.25) is 0 Å². The Morgan fingerprint density at radius 3 is 2.85 bits per heavy atom. The van der Waals surface area contributed by atoms with E-state index in [2.05, 4.69) is 15.5 Å². The van der Waals surface area contributed by atoms with Crippen LogP contribution < -0.4 is 14.9 Å². The number of oxazole rings is 1. The molecule has 1 N–H and O–H groups in total. The number of nitrogens with one attached hydrogen (secondary N) is 1. The molecule has 0 radical (unpaired) electrons. The minimum Gasteiger partial charge on any atom is -0.493 e. The molecule has 0 saturated carbocycles. The molecule has 0 bridgehead atoms. The number of amides is 1. The van der Waals surface area contributed by atoms with Crippen molar-refractivity contribution in [1.82, 2.24) is 10.4 Å². The Morgan fingerprint density at radius 1 is 1.23 bits per heavy atom. The zero-order valence-electron chi connectivity index (χ0n) is 14.3. The molecule has 2 aromatic carbocycles. The number of carbonyl (C=O) groups excluding carboxylic acids is 1. The van der Waals surface area contributed by atoms with E-state index < -0.39 is 0 Å². The zero-order chi connectivity index (χ0) is 18.4. The van der Waals surface area contributed by atoms with Gasteiger partial charge in [-0.05, 0) is 24.3 Å². The third-order valence-corrected chi connectivity index (χ3v) is 4.26. The van der Waals surface area contributed by atoms with Gasteiger partial charge in [-0.3, -0.25) is 4.79 Å². The molecule has 3 aromatic rings. The van der Waals surface area contributed by atoms with Crippen molar-refractivity contribution in [3.63, 3.8) is 0 Å². The van der Waals surface area contributed by atoms with E-state index in [4.69, 9.17) is 13.9 Å². The van der Waals surface area contributed by atoms with Crippen LogP contribution in [0.1, 0.15) is 5.56 Å². The molecule has 26 heavy (non-hydrogen) atoms. The zero-order valence-corrected chi connectivity index (χ0v) is 15.1. The summed E-state index contributed by atoms with van der Waals surface area (Å²) in [6, 6.07) is 12.8. The average Bonchev–Trinajstić information content (AvgIpc) is 3.09. The number of nitrogens with zero attached hydrogens (tertiary/aromatic N) is 2. The van der Waals surface area contributed by atoms with Gasteiger partial charge in [0.25, 0.3) is 11.1 Å². The number of hydrogen-bond acceptors (Lipinski definition) is 7. The van der Waals surface area contributed by atoms with Crippen molar-refractivity contribution in [3.8, 4) is 11.5 Å². The Kier molecular flexibility index (Phi) is 5.75. The normalized spacial score (nSPS) is 11.0. The molecule has 1 amide bonds. The molecule has 0 saturated heterocycles. The maximum Gasteiger partial charge on any atom is 0.257 e. The third-order valence-electron chi connectivity index (χ3n) is 3.43. The molecule has 134 valence electrons. The predicted molar refractivity (Wildman–Crippen MR) is 100 cm³/mol. The van der Waals surface area contributed by atoms with E-state index in [-0.39, 0.29) is 11.7 Å². The summed E-state index contributed by atoms with van der Waals surface area (Å²) in [6.07, 6.45) is 1.50. The number of benzene rings is 2. The van der Waals surface area contributed by atoms with Crippen molar-refractivity contribution in [3.05, 3.63) is 48.0 Å². The van der Waals surface area contributed by atoms with Crippen molar-refractivity contribution in [2.24, 2.45) is 5.10 Å². The quantitative estimate of drug-likeness (QED) is 0.390. The van der Waals surface area contributed by atoms with Crippen molar-refractivity contribution in [2.75, 3.05) is 20.0 Å². The largest absolute Gasteiger partial charge is 0.493 e. The molecule has 7 nitrogen and oxygen atoms in total. The molecule has 0 spiro atoms. The highest BCUT2D eigenvalue weighted by Crippen LogP contribution is 2.29. The second-order valence-corrected chi connectivity index (χ2v) is 6.04. The molecule has 8 heteroatoms. The number of methoxy groups -OCH3 is 2. The third kappa shape index (κ3) is 4.15. The van der Waals surface area contributed by atoms with Crippen LogP contribution in [-0.4, -0.2) is 37.1 Å². The maximum absolute atomic E-state index is 11.9. The number of carbonyl (C=O) groups is 1. The van der Waals surface area contributed by atoms with Crippen molar-refractivity contribution >= 4 is 35.0 Å². The van der Waals surface area contributed by atoms with E-state index in [9.17, 15) is 4.79 Å². The molecule has 0 fully saturated rings. The van der Waals surface area contributed by atoms with Crippen LogP contribution in [0.25, 0.3) is 11.1 Å². The van der Waals surface area contributed by atoms with Gasteiger partial charge in [0.05, 0.1) is 26.2 Å². The van der Waals surface area contributed by atoms with Crippen LogP contribution in [0.4, 0.5) is 0 Å². The lowest BCUT2D eigenvalue weighted by molar-refractivity contribution is -0.118. The second-order valence-electron chi connectivity index (χ2n) is 5.11. The van der Waals surface area contributed by atoms with Crippen LogP contribution in [-0.2, 0) is 4.79 Å². The lowest BCUT2D eigenvalue weighted by atomic mass is 10.2. The van der Waals surface area contributed by atoms with E-state index in [0.29, 0.717) is 27.9 Å². The lowest BCUT2D eigenvalue weighted by Crippen LogP contribution is -2.19. The standard InChI is InChI=1S/C18H17N3O4S/c1-23-15-9-5-6-12(17(15)24-2)10-19-21-16(22)11-26-18-20-13-7-3-4-8-14(13)25-18/h3-10H,11H2,1-2H3,(H,21,22). The molecule has 1 aromatic heterocycles.